The van der Waals surface area contributed by atoms with Gasteiger partial charge in [0.1, 0.15) is 10.8 Å². The summed E-state index contributed by atoms with van der Waals surface area (Å²) in [5, 5.41) is 7.06. The van der Waals surface area contributed by atoms with Crippen LogP contribution in [-0.4, -0.2) is 134 Å². The van der Waals surface area contributed by atoms with E-state index in [0.717, 1.165) is 75.0 Å². The molecule has 1 aromatic heterocycles. The van der Waals surface area contributed by atoms with Gasteiger partial charge in [-0.2, -0.15) is 4.98 Å². The molecule has 7 rings (SSSR count). The van der Waals surface area contributed by atoms with Gasteiger partial charge >= 0.3 is 0 Å². The van der Waals surface area contributed by atoms with Gasteiger partial charge in [0.05, 0.1) is 30.2 Å². The van der Waals surface area contributed by atoms with Gasteiger partial charge in [-0.3, -0.25) is 14.6 Å². The molecule has 0 unspecified atom stereocenters. The summed E-state index contributed by atoms with van der Waals surface area (Å²) in [6.07, 6.45) is 3.91. The summed E-state index contributed by atoms with van der Waals surface area (Å²) in [4.78, 5) is 36.9. The first kappa shape index (κ1) is 34.6. The Balaban J connectivity index is 1.05. The van der Waals surface area contributed by atoms with Crippen LogP contribution in [0.2, 0.25) is 5.02 Å². The van der Waals surface area contributed by atoms with Gasteiger partial charge in [-0.05, 0) is 58.0 Å². The van der Waals surface area contributed by atoms with Crippen LogP contribution in [0.15, 0.2) is 36.5 Å². The standard InChI is InChI=1S/C37H51ClN10O2/c1-25(2)45-18-20-48(21-19-45)32-9-8-31(34-28(32)24-44(4)36(34)49)40-35-29(38)23-39-37(42-35)41-30-7-6-27(22-33(30)50-5)46-12-10-26(11-13-46)47-16-14-43(3)15-17-47/h6-9,22-23,25-26H,10-21,24H2,1-5H3,(H2,39,40,41,42). The first-order chi connectivity index (χ1) is 24.2. The SMILES string of the molecule is COc1cc(N2CCC(N3CCN(C)CC3)CC2)ccc1Nc1ncc(Cl)c(Nc2ccc(N3CCN(C(C)C)CC3)c3c2C(=O)N(C)C3)n1. The fourth-order valence-electron chi connectivity index (χ4n) is 7.84. The molecule has 5 heterocycles. The number of benzene rings is 2. The highest BCUT2D eigenvalue weighted by molar-refractivity contribution is 6.33. The smallest absolute Gasteiger partial charge is 0.256 e. The van der Waals surface area contributed by atoms with Crippen molar-refractivity contribution in [2.75, 3.05) is 107 Å². The molecule has 2 N–H and O–H groups in total. The molecule has 0 radical (unpaired) electrons. The van der Waals surface area contributed by atoms with Gasteiger partial charge in [-0.25, -0.2) is 4.98 Å². The summed E-state index contributed by atoms with van der Waals surface area (Å²) in [6, 6.07) is 11.5. The van der Waals surface area contributed by atoms with Crippen LogP contribution in [0.25, 0.3) is 0 Å². The second kappa shape index (κ2) is 14.8. The number of piperidine rings is 1. The molecule has 268 valence electrons. The molecule has 1 amide bonds. The zero-order chi connectivity index (χ0) is 34.9. The molecule has 50 heavy (non-hydrogen) atoms. The Morgan fingerprint density at radius 2 is 1.60 bits per heavy atom. The number of hydrogen-bond acceptors (Lipinski definition) is 11. The molecule has 0 atom stereocenters. The van der Waals surface area contributed by atoms with Crippen molar-refractivity contribution in [3.8, 4) is 5.75 Å². The number of aromatic nitrogens is 2. The number of methoxy groups -OCH3 is 1. The summed E-state index contributed by atoms with van der Waals surface area (Å²) in [5.74, 6) is 1.50. The van der Waals surface area contributed by atoms with Crippen molar-refractivity contribution in [1.82, 2.24) is 29.6 Å². The molecule has 4 aliphatic heterocycles. The van der Waals surface area contributed by atoms with E-state index in [4.69, 9.17) is 21.3 Å². The average molecular weight is 703 g/mol. The lowest BCUT2D eigenvalue weighted by atomic mass is 10.0. The number of carbonyl (C=O) groups is 1. The minimum atomic E-state index is -0.0120. The van der Waals surface area contributed by atoms with Crippen LogP contribution < -0.4 is 25.2 Å². The maximum Gasteiger partial charge on any atom is 0.256 e. The van der Waals surface area contributed by atoms with E-state index in [1.807, 2.05) is 19.2 Å². The Bertz CT molecular complexity index is 1680. The predicted molar refractivity (Wildman–Crippen MR) is 202 cm³/mol. The molecule has 3 aromatic rings. The lowest BCUT2D eigenvalue weighted by Gasteiger charge is -2.42. The molecule has 0 aliphatic carbocycles. The van der Waals surface area contributed by atoms with Gasteiger partial charge in [-0.1, -0.05) is 11.6 Å². The largest absolute Gasteiger partial charge is 0.494 e. The topological polar surface area (TPSA) is 95.6 Å². The van der Waals surface area contributed by atoms with Crippen molar-refractivity contribution in [2.45, 2.75) is 45.3 Å². The third-order valence-corrected chi connectivity index (χ3v) is 11.2. The number of rotatable bonds is 9. The third kappa shape index (κ3) is 7.16. The van der Waals surface area contributed by atoms with Crippen molar-refractivity contribution < 1.29 is 9.53 Å². The number of fused-ring (bicyclic) bond motifs is 1. The number of carbonyl (C=O) groups excluding carboxylic acids is 1. The van der Waals surface area contributed by atoms with Gasteiger partial charge in [-0.15, -0.1) is 0 Å². The number of anilines is 6. The van der Waals surface area contributed by atoms with Crippen molar-refractivity contribution in [3.05, 3.63) is 52.7 Å². The maximum absolute atomic E-state index is 13.4. The van der Waals surface area contributed by atoms with E-state index in [9.17, 15) is 4.79 Å². The Morgan fingerprint density at radius 3 is 2.30 bits per heavy atom. The highest BCUT2D eigenvalue weighted by atomic mass is 35.5. The minimum absolute atomic E-state index is 0.0120. The van der Waals surface area contributed by atoms with Gasteiger partial charge in [0.25, 0.3) is 5.91 Å². The van der Waals surface area contributed by atoms with Gasteiger partial charge < -0.3 is 35.0 Å². The molecule has 0 bridgehead atoms. The van der Waals surface area contributed by atoms with Crippen LogP contribution in [0.4, 0.5) is 34.5 Å². The molecular weight excluding hydrogens is 652 g/mol. The lowest BCUT2D eigenvalue weighted by Crippen LogP contribution is -2.52. The number of nitrogens with zero attached hydrogens (tertiary/aromatic N) is 8. The van der Waals surface area contributed by atoms with E-state index in [2.05, 4.69) is 79.2 Å². The summed E-state index contributed by atoms with van der Waals surface area (Å²) >= 11 is 6.63. The molecule has 4 aliphatic rings. The van der Waals surface area contributed by atoms with E-state index in [-0.39, 0.29) is 5.91 Å². The first-order valence-corrected chi connectivity index (χ1v) is 18.4. The minimum Gasteiger partial charge on any atom is -0.494 e. The maximum atomic E-state index is 13.4. The number of amides is 1. The summed E-state index contributed by atoms with van der Waals surface area (Å²) < 4.78 is 5.83. The van der Waals surface area contributed by atoms with Crippen LogP contribution in [0, 0.1) is 0 Å². The number of hydrogen-bond donors (Lipinski definition) is 2. The van der Waals surface area contributed by atoms with Crippen LogP contribution >= 0.6 is 11.6 Å². The fourth-order valence-corrected chi connectivity index (χ4v) is 7.98. The zero-order valence-electron chi connectivity index (χ0n) is 30.1. The number of piperazine rings is 2. The van der Waals surface area contributed by atoms with Crippen LogP contribution in [0.3, 0.4) is 0 Å². The van der Waals surface area contributed by atoms with E-state index in [1.165, 1.54) is 25.9 Å². The Labute approximate surface area is 301 Å². The summed E-state index contributed by atoms with van der Waals surface area (Å²) in [6.45, 7) is 15.6. The fraction of sp³-hybridized carbons (Fsp3) is 0.541. The highest BCUT2D eigenvalue weighted by Gasteiger charge is 2.33. The van der Waals surface area contributed by atoms with Crippen molar-refractivity contribution >= 4 is 52.0 Å². The Morgan fingerprint density at radius 1 is 0.880 bits per heavy atom. The number of likely N-dealkylation sites (N-methyl/N-ethyl adjacent to an activating group) is 1. The van der Waals surface area contributed by atoms with E-state index in [0.29, 0.717) is 52.4 Å². The number of ether oxygens (including phenoxy) is 1. The molecule has 13 heteroatoms. The predicted octanol–water partition coefficient (Wildman–Crippen LogP) is 4.96. The summed E-state index contributed by atoms with van der Waals surface area (Å²) in [5.41, 5.74) is 5.43. The molecular formula is C37H51ClN10O2. The Kier molecular flexibility index (Phi) is 10.2. The monoisotopic (exact) mass is 702 g/mol. The lowest BCUT2D eigenvalue weighted by molar-refractivity contribution is 0.0817. The molecule has 2 aromatic carbocycles. The van der Waals surface area contributed by atoms with Crippen LogP contribution in [-0.2, 0) is 6.54 Å². The molecule has 12 nitrogen and oxygen atoms in total. The van der Waals surface area contributed by atoms with E-state index < -0.39 is 0 Å². The normalized spacial score (nSPS) is 19.7. The van der Waals surface area contributed by atoms with Gasteiger partial charge in [0, 0.05) is 114 Å². The number of nitrogens with one attached hydrogen (secondary N) is 2. The Hall–Kier alpha value is -3.84. The molecule has 3 fully saturated rings. The average Bonchev–Trinajstić information content (AvgIpc) is 3.44. The first-order valence-electron chi connectivity index (χ1n) is 18.0. The van der Waals surface area contributed by atoms with E-state index >= 15 is 0 Å². The second-order valence-electron chi connectivity index (χ2n) is 14.3. The third-order valence-electron chi connectivity index (χ3n) is 10.9. The molecule has 0 spiro atoms. The quantitative estimate of drug-likeness (QED) is 0.317. The van der Waals surface area contributed by atoms with E-state index in [1.54, 1.807) is 18.2 Å². The number of halogens is 1. The van der Waals surface area contributed by atoms with Crippen molar-refractivity contribution in [1.29, 1.82) is 0 Å². The highest BCUT2D eigenvalue weighted by Crippen LogP contribution is 2.39. The van der Waals surface area contributed by atoms with Crippen molar-refractivity contribution in [3.63, 3.8) is 0 Å². The second-order valence-corrected chi connectivity index (χ2v) is 14.8. The van der Waals surface area contributed by atoms with Crippen LogP contribution in [0.1, 0.15) is 42.6 Å². The summed E-state index contributed by atoms with van der Waals surface area (Å²) in [7, 11) is 5.74. The van der Waals surface area contributed by atoms with Gasteiger partial charge in [0.2, 0.25) is 5.95 Å². The van der Waals surface area contributed by atoms with Crippen molar-refractivity contribution in [2.24, 2.45) is 0 Å². The zero-order valence-corrected chi connectivity index (χ0v) is 30.8. The van der Waals surface area contributed by atoms with Crippen LogP contribution in [0.5, 0.6) is 5.75 Å². The van der Waals surface area contributed by atoms with Gasteiger partial charge in [0.15, 0.2) is 5.82 Å². The molecule has 0 saturated carbocycles. The molecule has 3 saturated heterocycles.